The fourth-order valence-electron chi connectivity index (χ4n) is 3.34. The number of benzene rings is 1. The number of pyridine rings is 1. The van der Waals surface area contributed by atoms with Crippen LogP contribution in [-0.2, 0) is 24.3 Å². The van der Waals surface area contributed by atoms with E-state index in [-0.39, 0.29) is 23.5 Å². The fraction of sp³-hybridized carbons (Fsp3) is 0.263. The van der Waals surface area contributed by atoms with Crippen molar-refractivity contribution in [1.82, 2.24) is 19.7 Å². The summed E-state index contributed by atoms with van der Waals surface area (Å²) in [5.74, 6) is -1.10. The highest BCUT2D eigenvalue weighted by Crippen LogP contribution is 2.17. The van der Waals surface area contributed by atoms with Gasteiger partial charge in [0.15, 0.2) is 5.43 Å². The van der Waals surface area contributed by atoms with E-state index in [0.717, 1.165) is 5.69 Å². The summed E-state index contributed by atoms with van der Waals surface area (Å²) in [5.41, 5.74) is 2.27. The van der Waals surface area contributed by atoms with Crippen molar-refractivity contribution in [2.75, 3.05) is 6.54 Å². The quantitative estimate of drug-likeness (QED) is 0.725. The Labute approximate surface area is 154 Å². The number of amides is 1. The summed E-state index contributed by atoms with van der Waals surface area (Å²) in [5, 5.41) is 13.8. The van der Waals surface area contributed by atoms with Gasteiger partial charge < -0.3 is 15.0 Å². The number of hydrogen-bond acceptors (Lipinski definition) is 4. The maximum Gasteiger partial charge on any atom is 0.303 e. The van der Waals surface area contributed by atoms with E-state index in [1.807, 2.05) is 16.8 Å². The third-order valence-electron chi connectivity index (χ3n) is 4.70. The van der Waals surface area contributed by atoms with Crippen molar-refractivity contribution in [1.29, 1.82) is 0 Å². The maximum absolute atomic E-state index is 12.9. The smallest absolute Gasteiger partial charge is 0.303 e. The van der Waals surface area contributed by atoms with Crippen LogP contribution in [0.5, 0.6) is 0 Å². The Kier molecular flexibility index (Phi) is 4.23. The van der Waals surface area contributed by atoms with E-state index in [0.29, 0.717) is 42.7 Å². The fourth-order valence-corrected chi connectivity index (χ4v) is 3.34. The van der Waals surface area contributed by atoms with E-state index >= 15 is 0 Å². The van der Waals surface area contributed by atoms with Gasteiger partial charge in [0.05, 0.1) is 30.9 Å². The van der Waals surface area contributed by atoms with E-state index < -0.39 is 5.97 Å². The molecule has 8 heteroatoms. The first kappa shape index (κ1) is 17.0. The lowest BCUT2D eigenvalue weighted by atomic mass is 10.1. The van der Waals surface area contributed by atoms with Crippen LogP contribution in [0, 0.1) is 0 Å². The zero-order valence-corrected chi connectivity index (χ0v) is 14.5. The largest absolute Gasteiger partial charge is 0.481 e. The average molecular weight is 366 g/mol. The Balaban J connectivity index is 1.56. The van der Waals surface area contributed by atoms with Gasteiger partial charge in [-0.1, -0.05) is 12.1 Å². The van der Waals surface area contributed by atoms with E-state index in [2.05, 4.69) is 10.1 Å². The van der Waals surface area contributed by atoms with Gasteiger partial charge in [0.25, 0.3) is 5.91 Å². The molecule has 1 aliphatic rings. The highest BCUT2D eigenvalue weighted by molar-refractivity contribution is 5.94. The topological polar surface area (TPSA) is 108 Å². The molecule has 0 saturated carbocycles. The summed E-state index contributed by atoms with van der Waals surface area (Å²) in [6, 6.07) is 10.3. The lowest BCUT2D eigenvalue weighted by Gasteiger charge is -2.27. The molecule has 3 aromatic rings. The lowest BCUT2D eigenvalue weighted by molar-refractivity contribution is -0.136. The molecule has 0 atom stereocenters. The number of carboxylic acids is 1. The Hall–Kier alpha value is -3.42. The molecular weight excluding hydrogens is 348 g/mol. The SMILES string of the molecule is O=C(O)CCc1cc2n(n1)CCN(C(=O)c1cc(=O)c3ccccc3[nH]1)C2. The summed E-state index contributed by atoms with van der Waals surface area (Å²) in [6.07, 6.45) is 0.388. The highest BCUT2D eigenvalue weighted by atomic mass is 16.4. The monoisotopic (exact) mass is 366 g/mol. The molecule has 0 saturated heterocycles. The molecule has 0 spiro atoms. The lowest BCUT2D eigenvalue weighted by Crippen LogP contribution is -2.39. The molecule has 1 aliphatic heterocycles. The number of aromatic amines is 1. The standard InChI is InChI=1S/C19H18N4O4/c24-17-10-16(20-15-4-2-1-3-14(15)17)19(27)22-7-8-23-13(11-22)9-12(21-23)5-6-18(25)26/h1-4,9-10H,5-8,11H2,(H,20,24)(H,25,26). The second kappa shape index (κ2) is 6.71. The van der Waals surface area contributed by atoms with Crippen LogP contribution >= 0.6 is 0 Å². The predicted octanol–water partition coefficient (Wildman–Crippen LogP) is 1.40. The van der Waals surface area contributed by atoms with Gasteiger partial charge in [-0.2, -0.15) is 5.10 Å². The van der Waals surface area contributed by atoms with Gasteiger partial charge in [-0.15, -0.1) is 0 Å². The number of carbonyl (C=O) groups is 2. The third kappa shape index (κ3) is 3.33. The number of nitrogens with one attached hydrogen (secondary N) is 1. The number of aliphatic carboxylic acids is 1. The highest BCUT2D eigenvalue weighted by Gasteiger charge is 2.24. The van der Waals surface area contributed by atoms with Gasteiger partial charge in [0.2, 0.25) is 0 Å². The number of rotatable bonds is 4. The predicted molar refractivity (Wildman–Crippen MR) is 97.5 cm³/mol. The van der Waals surface area contributed by atoms with Gasteiger partial charge in [0.1, 0.15) is 5.69 Å². The Bertz CT molecular complexity index is 1100. The number of para-hydroxylation sites is 1. The van der Waals surface area contributed by atoms with Crippen LogP contribution in [0.1, 0.15) is 28.3 Å². The second-order valence-corrected chi connectivity index (χ2v) is 6.56. The molecule has 1 amide bonds. The summed E-state index contributed by atoms with van der Waals surface area (Å²) in [6.45, 7) is 1.38. The number of hydrogen-bond donors (Lipinski definition) is 2. The van der Waals surface area contributed by atoms with Crippen LogP contribution in [0.2, 0.25) is 0 Å². The van der Waals surface area contributed by atoms with Crippen molar-refractivity contribution < 1.29 is 14.7 Å². The maximum atomic E-state index is 12.9. The molecule has 0 fully saturated rings. The zero-order chi connectivity index (χ0) is 19.0. The molecule has 138 valence electrons. The van der Waals surface area contributed by atoms with E-state index in [1.165, 1.54) is 6.07 Å². The van der Waals surface area contributed by atoms with Crippen LogP contribution in [-0.4, -0.2) is 43.2 Å². The molecule has 0 radical (unpaired) electrons. The van der Waals surface area contributed by atoms with Gasteiger partial charge in [-0.3, -0.25) is 19.1 Å². The minimum absolute atomic E-state index is 0.0252. The molecule has 27 heavy (non-hydrogen) atoms. The number of aromatic nitrogens is 3. The van der Waals surface area contributed by atoms with Crippen LogP contribution in [0.4, 0.5) is 0 Å². The van der Waals surface area contributed by atoms with Gasteiger partial charge in [-0.25, -0.2) is 0 Å². The van der Waals surface area contributed by atoms with Crippen LogP contribution < -0.4 is 5.43 Å². The first-order valence-electron chi connectivity index (χ1n) is 8.70. The normalized spacial score (nSPS) is 13.6. The van der Waals surface area contributed by atoms with Crippen molar-refractivity contribution in [3.63, 3.8) is 0 Å². The number of nitrogens with zero attached hydrogens (tertiary/aromatic N) is 3. The molecule has 4 rings (SSSR count). The third-order valence-corrected chi connectivity index (χ3v) is 4.70. The van der Waals surface area contributed by atoms with E-state index in [1.54, 1.807) is 23.1 Å². The van der Waals surface area contributed by atoms with Crippen molar-refractivity contribution in [3.05, 3.63) is 63.7 Å². The van der Waals surface area contributed by atoms with E-state index in [9.17, 15) is 14.4 Å². The van der Waals surface area contributed by atoms with Crippen molar-refractivity contribution in [2.24, 2.45) is 0 Å². The first-order valence-corrected chi connectivity index (χ1v) is 8.70. The van der Waals surface area contributed by atoms with Gasteiger partial charge in [0, 0.05) is 29.9 Å². The molecule has 3 heterocycles. The van der Waals surface area contributed by atoms with Crippen LogP contribution in [0.3, 0.4) is 0 Å². The van der Waals surface area contributed by atoms with Crippen LogP contribution in [0.25, 0.3) is 10.9 Å². The second-order valence-electron chi connectivity index (χ2n) is 6.56. The molecule has 1 aromatic carbocycles. The Morgan fingerprint density at radius 1 is 1.19 bits per heavy atom. The number of carboxylic acid groups (broad SMARTS) is 1. The number of carbonyl (C=O) groups excluding carboxylic acids is 1. The number of fused-ring (bicyclic) bond motifs is 2. The van der Waals surface area contributed by atoms with Crippen LogP contribution in [0.15, 0.2) is 41.2 Å². The van der Waals surface area contributed by atoms with Crippen molar-refractivity contribution in [2.45, 2.75) is 25.9 Å². The zero-order valence-electron chi connectivity index (χ0n) is 14.5. The molecular formula is C19H18N4O4. The Morgan fingerprint density at radius 3 is 2.81 bits per heavy atom. The Morgan fingerprint density at radius 2 is 2.00 bits per heavy atom. The average Bonchev–Trinajstić information content (AvgIpc) is 3.08. The number of H-pyrrole nitrogens is 1. The molecule has 8 nitrogen and oxygen atoms in total. The minimum atomic E-state index is -0.863. The first-order chi connectivity index (χ1) is 13.0. The van der Waals surface area contributed by atoms with E-state index in [4.69, 9.17) is 5.11 Å². The summed E-state index contributed by atoms with van der Waals surface area (Å²) in [7, 11) is 0. The molecule has 0 unspecified atom stereocenters. The number of aryl methyl sites for hydroxylation is 1. The minimum Gasteiger partial charge on any atom is -0.481 e. The van der Waals surface area contributed by atoms with Gasteiger partial charge in [-0.05, 0) is 18.2 Å². The summed E-state index contributed by atoms with van der Waals surface area (Å²) >= 11 is 0. The summed E-state index contributed by atoms with van der Waals surface area (Å²) < 4.78 is 1.81. The van der Waals surface area contributed by atoms with Crippen molar-refractivity contribution >= 4 is 22.8 Å². The molecule has 2 N–H and O–H groups in total. The van der Waals surface area contributed by atoms with Crippen molar-refractivity contribution in [3.8, 4) is 0 Å². The van der Waals surface area contributed by atoms with Gasteiger partial charge >= 0.3 is 5.97 Å². The molecule has 0 bridgehead atoms. The molecule has 0 aliphatic carbocycles. The molecule has 2 aromatic heterocycles. The summed E-state index contributed by atoms with van der Waals surface area (Å²) in [4.78, 5) is 40.6.